The van der Waals surface area contributed by atoms with Gasteiger partial charge in [-0.15, -0.1) is 11.3 Å². The second kappa shape index (κ2) is 8.19. The van der Waals surface area contributed by atoms with Crippen LogP contribution in [0.1, 0.15) is 31.5 Å². The molecule has 0 saturated heterocycles. The molecule has 9 heteroatoms. The number of nitrogens with one attached hydrogen (secondary N) is 1. The molecule has 0 aliphatic heterocycles. The van der Waals surface area contributed by atoms with Crippen molar-refractivity contribution < 1.29 is 4.79 Å². The number of thiazole rings is 1. The van der Waals surface area contributed by atoms with Crippen LogP contribution in [0.25, 0.3) is 11.0 Å². The molecule has 1 aromatic carbocycles. The second-order valence-electron chi connectivity index (χ2n) is 7.11. The van der Waals surface area contributed by atoms with Gasteiger partial charge in [-0.3, -0.25) is 14.2 Å². The summed E-state index contributed by atoms with van der Waals surface area (Å²) >= 11 is 1.38. The van der Waals surface area contributed by atoms with E-state index in [1.807, 2.05) is 45.0 Å². The molecular formula is C21H22N6O2S. The number of amides is 1. The lowest BCUT2D eigenvalue weighted by Gasteiger charge is -2.09. The molecule has 30 heavy (non-hydrogen) atoms. The number of benzene rings is 1. The fourth-order valence-corrected chi connectivity index (χ4v) is 4.18. The van der Waals surface area contributed by atoms with E-state index in [0.29, 0.717) is 35.5 Å². The molecule has 3 aromatic heterocycles. The van der Waals surface area contributed by atoms with Crippen molar-refractivity contribution in [1.82, 2.24) is 29.6 Å². The molecule has 1 N–H and O–H groups in total. The number of hydrogen-bond donors (Lipinski definition) is 1. The van der Waals surface area contributed by atoms with E-state index in [1.165, 1.54) is 17.5 Å². The minimum atomic E-state index is -0.150. The molecule has 0 aliphatic rings. The van der Waals surface area contributed by atoms with Crippen molar-refractivity contribution in [2.75, 3.05) is 6.54 Å². The summed E-state index contributed by atoms with van der Waals surface area (Å²) in [6.07, 6.45) is 3.09. The van der Waals surface area contributed by atoms with Crippen molar-refractivity contribution >= 4 is 28.3 Å². The van der Waals surface area contributed by atoms with E-state index in [-0.39, 0.29) is 11.5 Å². The molecule has 0 saturated carbocycles. The predicted molar refractivity (Wildman–Crippen MR) is 116 cm³/mol. The van der Waals surface area contributed by atoms with Gasteiger partial charge in [-0.05, 0) is 31.9 Å². The van der Waals surface area contributed by atoms with Crippen LogP contribution in [0.15, 0.2) is 41.6 Å². The highest BCUT2D eigenvalue weighted by Crippen LogP contribution is 2.16. The van der Waals surface area contributed by atoms with Crippen molar-refractivity contribution in [3.05, 3.63) is 73.8 Å². The maximum atomic E-state index is 12.9. The SMILES string of the molecule is Cc1nc(C)c(C(=O)NCCn2ncc3c(=O)n(Cc4ccccc4C)cnc32)s1. The summed E-state index contributed by atoms with van der Waals surface area (Å²) in [4.78, 5) is 34.5. The number of nitrogens with zero attached hydrogens (tertiary/aromatic N) is 5. The van der Waals surface area contributed by atoms with Crippen LogP contribution < -0.4 is 10.9 Å². The molecule has 0 unspecified atom stereocenters. The number of carbonyl (C=O) groups is 1. The average molecular weight is 423 g/mol. The first-order valence-electron chi connectivity index (χ1n) is 9.61. The lowest BCUT2D eigenvalue weighted by molar-refractivity contribution is 0.0955. The highest BCUT2D eigenvalue weighted by molar-refractivity contribution is 7.13. The van der Waals surface area contributed by atoms with Crippen molar-refractivity contribution in [2.24, 2.45) is 0 Å². The maximum absolute atomic E-state index is 12.9. The molecule has 0 fully saturated rings. The highest BCUT2D eigenvalue weighted by Gasteiger charge is 2.14. The minimum absolute atomic E-state index is 0.130. The molecule has 8 nitrogen and oxygen atoms in total. The standard InChI is InChI=1S/C21H22N6O2S/c1-13-6-4-5-7-16(13)11-26-12-23-19-17(21(26)29)10-24-27(19)9-8-22-20(28)18-14(2)25-15(3)30-18/h4-7,10,12H,8-9,11H2,1-3H3,(H,22,28). The third-order valence-corrected chi connectivity index (χ3v) is 6.01. The number of aromatic nitrogens is 5. The van der Waals surface area contributed by atoms with Gasteiger partial charge in [0, 0.05) is 6.54 Å². The van der Waals surface area contributed by atoms with Crippen LogP contribution in [-0.2, 0) is 13.1 Å². The van der Waals surface area contributed by atoms with Crippen molar-refractivity contribution in [2.45, 2.75) is 33.9 Å². The quantitative estimate of drug-likeness (QED) is 0.515. The van der Waals surface area contributed by atoms with Gasteiger partial charge in [-0.1, -0.05) is 24.3 Å². The smallest absolute Gasteiger partial charge is 0.264 e. The fraction of sp³-hybridized carbons (Fsp3) is 0.286. The largest absolute Gasteiger partial charge is 0.349 e. The summed E-state index contributed by atoms with van der Waals surface area (Å²) in [6.45, 7) is 6.98. The van der Waals surface area contributed by atoms with Crippen molar-refractivity contribution in [1.29, 1.82) is 0 Å². The van der Waals surface area contributed by atoms with Gasteiger partial charge >= 0.3 is 0 Å². The molecule has 0 radical (unpaired) electrons. The Morgan fingerprint density at radius 1 is 1.20 bits per heavy atom. The van der Waals surface area contributed by atoms with E-state index in [2.05, 4.69) is 20.4 Å². The second-order valence-corrected chi connectivity index (χ2v) is 8.32. The molecule has 1 amide bonds. The van der Waals surface area contributed by atoms with Crippen molar-refractivity contribution in [3.63, 3.8) is 0 Å². The van der Waals surface area contributed by atoms with Gasteiger partial charge < -0.3 is 5.32 Å². The topological polar surface area (TPSA) is 94.7 Å². The lowest BCUT2D eigenvalue weighted by atomic mass is 10.1. The summed E-state index contributed by atoms with van der Waals surface area (Å²) in [5.74, 6) is -0.150. The fourth-order valence-electron chi connectivity index (χ4n) is 3.34. The third kappa shape index (κ3) is 3.88. The van der Waals surface area contributed by atoms with E-state index in [9.17, 15) is 9.59 Å². The Kier molecular flexibility index (Phi) is 5.45. The van der Waals surface area contributed by atoms with E-state index >= 15 is 0 Å². The monoisotopic (exact) mass is 422 g/mol. The Hall–Kier alpha value is -3.33. The van der Waals surface area contributed by atoms with Crippen LogP contribution in [-0.4, -0.2) is 36.8 Å². The Morgan fingerprint density at radius 3 is 2.73 bits per heavy atom. The number of carbonyl (C=O) groups excluding carboxylic acids is 1. The van der Waals surface area contributed by atoms with Gasteiger partial charge in [-0.2, -0.15) is 5.10 Å². The minimum Gasteiger partial charge on any atom is -0.349 e. The molecule has 3 heterocycles. The summed E-state index contributed by atoms with van der Waals surface area (Å²) < 4.78 is 3.23. The van der Waals surface area contributed by atoms with E-state index in [0.717, 1.165) is 21.8 Å². The third-order valence-electron chi connectivity index (χ3n) is 4.94. The molecule has 4 rings (SSSR count). The van der Waals surface area contributed by atoms with E-state index < -0.39 is 0 Å². The summed E-state index contributed by atoms with van der Waals surface area (Å²) in [7, 11) is 0. The van der Waals surface area contributed by atoms with Crippen LogP contribution >= 0.6 is 11.3 Å². The first-order chi connectivity index (χ1) is 14.4. The maximum Gasteiger partial charge on any atom is 0.264 e. The Morgan fingerprint density at radius 2 is 2.00 bits per heavy atom. The Balaban J connectivity index is 1.48. The van der Waals surface area contributed by atoms with Crippen LogP contribution in [0.5, 0.6) is 0 Å². The number of hydrogen-bond acceptors (Lipinski definition) is 6. The van der Waals surface area contributed by atoms with Gasteiger partial charge in [0.2, 0.25) is 0 Å². The predicted octanol–water partition coefficient (Wildman–Crippen LogP) is 2.45. The highest BCUT2D eigenvalue weighted by atomic mass is 32.1. The average Bonchev–Trinajstić information content (AvgIpc) is 3.28. The zero-order valence-electron chi connectivity index (χ0n) is 17.0. The van der Waals surface area contributed by atoms with E-state index in [4.69, 9.17) is 0 Å². The van der Waals surface area contributed by atoms with Gasteiger partial charge in [0.05, 0.1) is 30.0 Å². The zero-order valence-corrected chi connectivity index (χ0v) is 17.9. The molecule has 154 valence electrons. The van der Waals surface area contributed by atoms with Crippen LogP contribution in [0.3, 0.4) is 0 Å². The first-order valence-corrected chi connectivity index (χ1v) is 10.4. The normalized spacial score (nSPS) is 11.2. The van der Waals surface area contributed by atoms with Gasteiger partial charge in [0.25, 0.3) is 11.5 Å². The summed E-state index contributed by atoms with van der Waals surface area (Å²) in [5, 5.41) is 8.50. The van der Waals surface area contributed by atoms with Gasteiger partial charge in [-0.25, -0.2) is 14.6 Å². The molecule has 4 aromatic rings. The van der Waals surface area contributed by atoms with Crippen molar-refractivity contribution in [3.8, 4) is 0 Å². The molecule has 0 bridgehead atoms. The Labute approximate surface area is 177 Å². The van der Waals surface area contributed by atoms with Crippen LogP contribution in [0.4, 0.5) is 0 Å². The molecule has 0 aliphatic carbocycles. The Bertz CT molecular complexity index is 1290. The molecule has 0 spiro atoms. The number of rotatable bonds is 6. The first kappa shape index (κ1) is 20.0. The van der Waals surface area contributed by atoms with Crippen LogP contribution in [0.2, 0.25) is 0 Å². The van der Waals surface area contributed by atoms with E-state index in [1.54, 1.807) is 15.6 Å². The zero-order chi connectivity index (χ0) is 21.3. The summed E-state index contributed by atoms with van der Waals surface area (Å²) in [6, 6.07) is 7.96. The lowest BCUT2D eigenvalue weighted by Crippen LogP contribution is -2.27. The van der Waals surface area contributed by atoms with Crippen LogP contribution in [0, 0.1) is 20.8 Å². The number of aryl methyl sites for hydroxylation is 3. The molecule has 0 atom stereocenters. The van der Waals surface area contributed by atoms with Gasteiger partial charge in [0.15, 0.2) is 5.65 Å². The van der Waals surface area contributed by atoms with Gasteiger partial charge in [0.1, 0.15) is 16.6 Å². The number of fused-ring (bicyclic) bond motifs is 1. The molecular weight excluding hydrogens is 400 g/mol. The summed E-state index contributed by atoms with van der Waals surface area (Å²) in [5.41, 5.74) is 3.32.